The first-order chi connectivity index (χ1) is 9.79. The predicted molar refractivity (Wildman–Crippen MR) is 84.8 cm³/mol. The van der Waals surface area contributed by atoms with Gasteiger partial charge in [0.05, 0.1) is 8.49 Å². The summed E-state index contributed by atoms with van der Waals surface area (Å²) in [6.07, 6.45) is 0. The molecular weight excluding hydrogens is 409 g/mol. The molecule has 0 heterocycles. The summed E-state index contributed by atoms with van der Waals surface area (Å²) >= 11 is 1.79. The van der Waals surface area contributed by atoms with Crippen LogP contribution in [0.15, 0.2) is 47.4 Å². The monoisotopic (exact) mass is 419 g/mol. The van der Waals surface area contributed by atoms with Crippen molar-refractivity contribution in [1.82, 2.24) is 0 Å². The molecule has 0 bridgehead atoms. The molecule has 0 aliphatic carbocycles. The van der Waals surface area contributed by atoms with Crippen molar-refractivity contribution in [2.75, 3.05) is 0 Å². The van der Waals surface area contributed by atoms with Crippen molar-refractivity contribution < 1.29 is 17.5 Å². The second-order valence-electron chi connectivity index (χ2n) is 4.22. The van der Waals surface area contributed by atoms with E-state index in [9.17, 15) is 18.5 Å². The van der Waals surface area contributed by atoms with Gasteiger partial charge in [-0.3, -0.25) is 10.1 Å². The van der Waals surface area contributed by atoms with Crippen molar-refractivity contribution in [2.45, 2.75) is 11.8 Å². The molecule has 0 unspecified atom stereocenters. The van der Waals surface area contributed by atoms with Gasteiger partial charge >= 0.3 is 10.1 Å². The minimum Gasteiger partial charge on any atom is -0.378 e. The fourth-order valence-corrected chi connectivity index (χ4v) is 3.25. The number of hydrogen-bond acceptors (Lipinski definition) is 5. The molecule has 0 atom stereocenters. The topological polar surface area (TPSA) is 86.5 Å². The van der Waals surface area contributed by atoms with Gasteiger partial charge in [-0.05, 0) is 47.7 Å². The normalized spacial score (nSPS) is 11.1. The van der Waals surface area contributed by atoms with Crippen LogP contribution in [-0.4, -0.2) is 13.3 Å². The molecule has 2 rings (SSSR count). The number of aryl methyl sites for hydroxylation is 1. The minimum atomic E-state index is -3.96. The summed E-state index contributed by atoms with van der Waals surface area (Å²) in [5, 5.41) is 10.6. The van der Waals surface area contributed by atoms with Gasteiger partial charge in [0.1, 0.15) is 4.90 Å². The second-order valence-corrected chi connectivity index (χ2v) is 6.93. The zero-order chi connectivity index (χ0) is 15.6. The molecule has 0 fully saturated rings. The highest BCUT2D eigenvalue weighted by molar-refractivity contribution is 14.1. The molecule has 2 aromatic carbocycles. The van der Waals surface area contributed by atoms with Gasteiger partial charge in [0.15, 0.2) is 5.75 Å². The number of benzene rings is 2. The van der Waals surface area contributed by atoms with E-state index in [1.165, 1.54) is 30.3 Å². The maximum Gasteiger partial charge on any atom is 0.339 e. The largest absolute Gasteiger partial charge is 0.378 e. The van der Waals surface area contributed by atoms with Crippen LogP contribution >= 0.6 is 22.6 Å². The van der Waals surface area contributed by atoms with E-state index in [0.717, 1.165) is 5.56 Å². The number of rotatable bonds is 4. The lowest BCUT2D eigenvalue weighted by atomic mass is 10.2. The Morgan fingerprint density at radius 1 is 1.14 bits per heavy atom. The number of non-ortho nitro benzene ring substituents is 1. The molecule has 110 valence electrons. The number of nitrogens with zero attached hydrogens (tertiary/aromatic N) is 1. The number of halogens is 1. The molecule has 0 spiro atoms. The van der Waals surface area contributed by atoms with E-state index in [-0.39, 0.29) is 16.3 Å². The van der Waals surface area contributed by atoms with Crippen molar-refractivity contribution in [3.05, 3.63) is 61.7 Å². The quantitative estimate of drug-likeness (QED) is 0.329. The second kappa shape index (κ2) is 5.98. The summed E-state index contributed by atoms with van der Waals surface area (Å²) < 4.78 is 29.6. The molecule has 21 heavy (non-hydrogen) atoms. The van der Waals surface area contributed by atoms with E-state index in [4.69, 9.17) is 4.18 Å². The van der Waals surface area contributed by atoms with Crippen molar-refractivity contribution in [3.63, 3.8) is 0 Å². The Morgan fingerprint density at radius 2 is 1.76 bits per heavy atom. The van der Waals surface area contributed by atoms with Crippen LogP contribution in [-0.2, 0) is 10.1 Å². The van der Waals surface area contributed by atoms with Gasteiger partial charge in [-0.15, -0.1) is 0 Å². The Hall–Kier alpha value is -1.68. The molecule has 0 aliphatic rings. The Bertz CT molecular complexity index is 787. The van der Waals surface area contributed by atoms with E-state index < -0.39 is 15.0 Å². The Labute approximate surface area is 135 Å². The summed E-state index contributed by atoms with van der Waals surface area (Å²) in [4.78, 5) is 10.1. The number of hydrogen-bond donors (Lipinski definition) is 0. The third-order valence-electron chi connectivity index (χ3n) is 2.64. The summed E-state index contributed by atoms with van der Waals surface area (Å²) in [6, 6.07) is 9.94. The summed E-state index contributed by atoms with van der Waals surface area (Å²) in [7, 11) is -3.96. The summed E-state index contributed by atoms with van der Waals surface area (Å²) in [6.45, 7) is 1.84. The zero-order valence-electron chi connectivity index (χ0n) is 10.8. The molecule has 0 aliphatic heterocycles. The van der Waals surface area contributed by atoms with Crippen LogP contribution < -0.4 is 4.18 Å². The van der Waals surface area contributed by atoms with Crippen molar-refractivity contribution in [2.24, 2.45) is 0 Å². The van der Waals surface area contributed by atoms with E-state index in [1.54, 1.807) is 34.7 Å². The van der Waals surface area contributed by atoms with E-state index >= 15 is 0 Å². The Balaban J connectivity index is 2.32. The van der Waals surface area contributed by atoms with Gasteiger partial charge in [-0.1, -0.05) is 17.7 Å². The number of nitro benzene ring substituents is 1. The predicted octanol–water partition coefficient (Wildman–Crippen LogP) is 3.28. The average molecular weight is 419 g/mol. The molecule has 0 radical (unpaired) electrons. The van der Waals surface area contributed by atoms with Crippen molar-refractivity contribution >= 4 is 38.4 Å². The molecule has 0 N–H and O–H groups in total. The standard InChI is InChI=1S/C13H10INO5S/c1-9-2-5-11(6-3-9)21(18,19)20-13-7-4-10(15(16)17)8-12(13)14/h2-8H,1H3. The van der Waals surface area contributed by atoms with Crippen LogP contribution in [0.3, 0.4) is 0 Å². The molecule has 0 amide bonds. The fraction of sp³-hybridized carbons (Fsp3) is 0.0769. The maximum atomic E-state index is 12.1. The van der Waals surface area contributed by atoms with E-state index in [2.05, 4.69) is 0 Å². The van der Waals surface area contributed by atoms with Crippen LogP contribution in [0.4, 0.5) is 5.69 Å². The molecule has 0 saturated heterocycles. The highest BCUT2D eigenvalue weighted by Gasteiger charge is 2.19. The third-order valence-corrected chi connectivity index (χ3v) is 4.73. The van der Waals surface area contributed by atoms with Crippen molar-refractivity contribution in [1.29, 1.82) is 0 Å². The highest BCUT2D eigenvalue weighted by Crippen LogP contribution is 2.28. The van der Waals surface area contributed by atoms with E-state index in [0.29, 0.717) is 3.57 Å². The summed E-state index contributed by atoms with van der Waals surface area (Å²) in [5.41, 5.74) is 0.804. The highest BCUT2D eigenvalue weighted by atomic mass is 127. The molecule has 0 aromatic heterocycles. The Morgan fingerprint density at radius 3 is 2.29 bits per heavy atom. The van der Waals surface area contributed by atoms with Gasteiger partial charge in [-0.25, -0.2) is 0 Å². The minimum absolute atomic E-state index is 0.0299. The lowest BCUT2D eigenvalue weighted by Crippen LogP contribution is -2.10. The van der Waals surface area contributed by atoms with Gasteiger partial charge in [0, 0.05) is 12.1 Å². The number of nitro groups is 1. The third kappa shape index (κ3) is 3.70. The molecule has 0 saturated carbocycles. The molecule has 2 aromatic rings. The van der Waals surface area contributed by atoms with Gasteiger partial charge in [-0.2, -0.15) is 8.42 Å². The lowest BCUT2D eigenvalue weighted by molar-refractivity contribution is -0.385. The van der Waals surface area contributed by atoms with Crippen LogP contribution in [0.1, 0.15) is 5.56 Å². The van der Waals surface area contributed by atoms with Crippen molar-refractivity contribution in [3.8, 4) is 5.75 Å². The lowest BCUT2D eigenvalue weighted by Gasteiger charge is -2.08. The summed E-state index contributed by atoms with van der Waals surface area (Å²) in [5.74, 6) is 0.0572. The average Bonchev–Trinajstić information content (AvgIpc) is 2.41. The Kier molecular flexibility index (Phi) is 4.47. The molecular formula is C13H10INO5S. The smallest absolute Gasteiger partial charge is 0.339 e. The first-order valence-corrected chi connectivity index (χ1v) is 8.23. The maximum absolute atomic E-state index is 12.1. The van der Waals surface area contributed by atoms with Crippen LogP contribution in [0.2, 0.25) is 0 Å². The fourth-order valence-electron chi connectivity index (χ4n) is 1.54. The van der Waals surface area contributed by atoms with Gasteiger partial charge in [0.2, 0.25) is 0 Å². The van der Waals surface area contributed by atoms with Crippen LogP contribution in [0.5, 0.6) is 5.75 Å². The molecule has 6 nitrogen and oxygen atoms in total. The van der Waals surface area contributed by atoms with Gasteiger partial charge in [0.25, 0.3) is 5.69 Å². The SMILES string of the molecule is Cc1ccc(S(=O)(=O)Oc2ccc([N+](=O)[O-])cc2I)cc1. The van der Waals surface area contributed by atoms with Crippen LogP contribution in [0.25, 0.3) is 0 Å². The van der Waals surface area contributed by atoms with E-state index in [1.807, 2.05) is 6.92 Å². The van der Waals surface area contributed by atoms with Crippen LogP contribution in [0, 0.1) is 20.6 Å². The van der Waals surface area contributed by atoms with Gasteiger partial charge < -0.3 is 4.18 Å². The zero-order valence-corrected chi connectivity index (χ0v) is 13.8. The first-order valence-electron chi connectivity index (χ1n) is 5.75. The molecule has 8 heteroatoms. The first kappa shape index (κ1) is 15.7.